The minimum absolute atomic E-state index is 0.152. The Morgan fingerprint density at radius 3 is 2.58 bits per heavy atom. The molecule has 7 heteroatoms. The van der Waals surface area contributed by atoms with E-state index in [-0.39, 0.29) is 19.0 Å². The van der Waals surface area contributed by atoms with E-state index in [1.165, 1.54) is 5.06 Å². The molecule has 0 fully saturated rings. The number of hydrogen-bond acceptors (Lipinski definition) is 6. The molecule has 142 valence electrons. The fraction of sp³-hybridized carbons (Fsp3) is 0.474. The minimum atomic E-state index is -0.764. The van der Waals surface area contributed by atoms with Gasteiger partial charge in [0.15, 0.2) is 5.76 Å². The van der Waals surface area contributed by atoms with Crippen LogP contribution in [0.25, 0.3) is 11.3 Å². The molecule has 0 aliphatic rings. The van der Waals surface area contributed by atoms with Gasteiger partial charge in [0.2, 0.25) is 6.41 Å². The SMILES string of the molecule is CCC(O)c1c(OCCN(C=O)OC(C)(C)C)noc1-c1ccccc1. The standard InChI is InChI=1S/C19H26N2O5/c1-5-15(23)16-17(14-9-7-6-8-10-14)25-20-18(16)24-12-11-21(13-22)26-19(2,3)4/h6-10,13,15,23H,5,11-12H2,1-4H3. The first kappa shape index (κ1) is 19.9. The number of aliphatic hydroxyl groups is 1. The van der Waals surface area contributed by atoms with Crippen molar-refractivity contribution in [2.24, 2.45) is 0 Å². The molecule has 1 unspecified atom stereocenters. The molecule has 26 heavy (non-hydrogen) atoms. The maximum Gasteiger partial charge on any atom is 0.260 e. The molecule has 1 amide bonds. The van der Waals surface area contributed by atoms with Crippen molar-refractivity contribution in [2.75, 3.05) is 13.2 Å². The number of rotatable bonds is 9. The van der Waals surface area contributed by atoms with Crippen molar-refractivity contribution in [1.29, 1.82) is 0 Å². The summed E-state index contributed by atoms with van der Waals surface area (Å²) in [5, 5.41) is 15.5. The lowest BCUT2D eigenvalue weighted by Gasteiger charge is -2.26. The smallest absolute Gasteiger partial charge is 0.260 e. The molecule has 0 aliphatic carbocycles. The third-order valence-corrected chi connectivity index (χ3v) is 3.51. The summed E-state index contributed by atoms with van der Waals surface area (Å²) in [6.45, 7) is 7.79. The zero-order valence-corrected chi connectivity index (χ0v) is 15.6. The first-order chi connectivity index (χ1) is 12.4. The Balaban J connectivity index is 2.12. The van der Waals surface area contributed by atoms with Gasteiger partial charge in [-0.05, 0) is 32.3 Å². The summed E-state index contributed by atoms with van der Waals surface area (Å²) in [6.07, 6.45) is 0.332. The van der Waals surface area contributed by atoms with Crippen molar-refractivity contribution in [1.82, 2.24) is 10.2 Å². The zero-order valence-electron chi connectivity index (χ0n) is 15.6. The Bertz CT molecular complexity index is 694. The van der Waals surface area contributed by atoms with Gasteiger partial charge in [0, 0.05) is 5.56 Å². The lowest BCUT2D eigenvalue weighted by Crippen LogP contribution is -2.35. The van der Waals surface area contributed by atoms with E-state index in [0.29, 0.717) is 24.2 Å². The third-order valence-electron chi connectivity index (χ3n) is 3.51. The molecule has 0 saturated heterocycles. The van der Waals surface area contributed by atoms with E-state index in [1.807, 2.05) is 58.0 Å². The largest absolute Gasteiger partial charge is 0.473 e. The second kappa shape index (κ2) is 8.82. The molecular formula is C19H26N2O5. The van der Waals surface area contributed by atoms with Crippen molar-refractivity contribution in [3.8, 4) is 17.2 Å². The lowest BCUT2D eigenvalue weighted by atomic mass is 10.0. The number of aromatic nitrogens is 1. The zero-order chi connectivity index (χ0) is 19.2. The third kappa shape index (κ3) is 5.31. The Hall–Kier alpha value is -2.38. The second-order valence-electron chi connectivity index (χ2n) is 6.82. The molecule has 0 radical (unpaired) electrons. The molecule has 0 saturated carbocycles. The van der Waals surface area contributed by atoms with Crippen molar-refractivity contribution in [2.45, 2.75) is 45.8 Å². The molecule has 1 aromatic carbocycles. The molecule has 2 aromatic rings. The number of amides is 1. The average Bonchev–Trinajstić information content (AvgIpc) is 3.03. The van der Waals surface area contributed by atoms with E-state index in [0.717, 1.165) is 5.56 Å². The van der Waals surface area contributed by atoms with Gasteiger partial charge in [0.05, 0.1) is 23.8 Å². The van der Waals surface area contributed by atoms with Gasteiger partial charge in [-0.25, -0.2) is 5.06 Å². The topological polar surface area (TPSA) is 85.0 Å². The summed E-state index contributed by atoms with van der Waals surface area (Å²) in [4.78, 5) is 16.6. The minimum Gasteiger partial charge on any atom is -0.473 e. The van der Waals surface area contributed by atoms with Gasteiger partial charge >= 0.3 is 0 Å². The number of hydrogen-bond donors (Lipinski definition) is 1. The van der Waals surface area contributed by atoms with Crippen LogP contribution in [0.2, 0.25) is 0 Å². The van der Waals surface area contributed by atoms with E-state index in [2.05, 4.69) is 5.16 Å². The molecule has 2 rings (SSSR count). The highest BCUT2D eigenvalue weighted by molar-refractivity contribution is 5.63. The number of benzene rings is 1. The van der Waals surface area contributed by atoms with Gasteiger partial charge in [-0.3, -0.25) is 9.63 Å². The van der Waals surface area contributed by atoms with Crippen LogP contribution in [0.4, 0.5) is 0 Å². The van der Waals surface area contributed by atoms with Gasteiger partial charge in [-0.1, -0.05) is 37.3 Å². The van der Waals surface area contributed by atoms with Crippen LogP contribution in [0.3, 0.4) is 0 Å². The van der Waals surface area contributed by atoms with E-state index in [9.17, 15) is 9.90 Å². The highest BCUT2D eigenvalue weighted by Crippen LogP contribution is 2.36. The molecule has 1 N–H and O–H groups in total. The molecule has 0 aliphatic heterocycles. The summed E-state index contributed by atoms with van der Waals surface area (Å²) >= 11 is 0. The maximum atomic E-state index is 11.1. The number of aliphatic hydroxyl groups excluding tert-OH is 1. The first-order valence-corrected chi connectivity index (χ1v) is 8.62. The molecular weight excluding hydrogens is 336 g/mol. The second-order valence-corrected chi connectivity index (χ2v) is 6.82. The Labute approximate surface area is 153 Å². The normalized spacial score (nSPS) is 12.7. The van der Waals surface area contributed by atoms with Gasteiger partial charge < -0.3 is 14.4 Å². The number of carbonyl (C=O) groups excluding carboxylic acids is 1. The van der Waals surface area contributed by atoms with Gasteiger partial charge in [0.25, 0.3) is 5.88 Å². The molecule has 1 aromatic heterocycles. The van der Waals surface area contributed by atoms with E-state index in [1.54, 1.807) is 0 Å². The molecule has 0 bridgehead atoms. The molecule has 0 spiro atoms. The van der Waals surface area contributed by atoms with E-state index < -0.39 is 11.7 Å². The molecule has 1 atom stereocenters. The summed E-state index contributed by atoms with van der Waals surface area (Å²) in [7, 11) is 0. The predicted octanol–water partition coefficient (Wildman–Crippen LogP) is 3.35. The van der Waals surface area contributed by atoms with Crippen LogP contribution in [-0.2, 0) is 9.63 Å². The highest BCUT2D eigenvalue weighted by Gasteiger charge is 2.25. The van der Waals surface area contributed by atoms with Crippen molar-refractivity contribution in [3.05, 3.63) is 35.9 Å². The van der Waals surface area contributed by atoms with Gasteiger partial charge in [0.1, 0.15) is 6.61 Å². The average molecular weight is 362 g/mol. The summed E-state index contributed by atoms with van der Waals surface area (Å²) in [5.74, 6) is 0.702. The Kier molecular flexibility index (Phi) is 6.76. The fourth-order valence-electron chi connectivity index (χ4n) is 2.39. The van der Waals surface area contributed by atoms with Gasteiger partial charge in [-0.15, -0.1) is 0 Å². The van der Waals surface area contributed by atoms with Crippen molar-refractivity contribution in [3.63, 3.8) is 0 Å². The fourth-order valence-corrected chi connectivity index (χ4v) is 2.39. The number of ether oxygens (including phenoxy) is 1. The van der Waals surface area contributed by atoms with Crippen molar-refractivity contribution >= 4 is 6.41 Å². The van der Waals surface area contributed by atoms with Crippen LogP contribution in [0, 0.1) is 0 Å². The maximum absolute atomic E-state index is 11.1. The monoisotopic (exact) mass is 362 g/mol. The van der Waals surface area contributed by atoms with Crippen LogP contribution in [-0.4, -0.2) is 40.5 Å². The quantitative estimate of drug-likeness (QED) is 0.544. The van der Waals surface area contributed by atoms with Crippen LogP contribution >= 0.6 is 0 Å². The van der Waals surface area contributed by atoms with Crippen LogP contribution in [0.1, 0.15) is 45.8 Å². The van der Waals surface area contributed by atoms with Gasteiger partial charge in [-0.2, -0.15) is 0 Å². The summed E-state index contributed by atoms with van der Waals surface area (Å²) in [6, 6.07) is 9.41. The van der Waals surface area contributed by atoms with Crippen LogP contribution in [0.15, 0.2) is 34.9 Å². The highest BCUT2D eigenvalue weighted by atomic mass is 16.7. The summed E-state index contributed by atoms with van der Waals surface area (Å²) < 4.78 is 11.1. The van der Waals surface area contributed by atoms with E-state index in [4.69, 9.17) is 14.1 Å². The Morgan fingerprint density at radius 2 is 2.00 bits per heavy atom. The molecule has 1 heterocycles. The first-order valence-electron chi connectivity index (χ1n) is 8.62. The summed E-state index contributed by atoms with van der Waals surface area (Å²) in [5.41, 5.74) is 0.829. The van der Waals surface area contributed by atoms with E-state index >= 15 is 0 Å². The number of hydroxylamine groups is 2. The number of nitrogens with zero attached hydrogens (tertiary/aromatic N) is 2. The van der Waals surface area contributed by atoms with Crippen LogP contribution in [0.5, 0.6) is 5.88 Å². The number of carbonyl (C=O) groups is 1. The Morgan fingerprint density at radius 1 is 1.31 bits per heavy atom. The molecule has 7 nitrogen and oxygen atoms in total. The lowest BCUT2D eigenvalue weighted by molar-refractivity contribution is -0.217. The van der Waals surface area contributed by atoms with Crippen LogP contribution < -0.4 is 4.74 Å². The van der Waals surface area contributed by atoms with Crippen molar-refractivity contribution < 1.29 is 24.0 Å². The predicted molar refractivity (Wildman–Crippen MR) is 96.3 cm³/mol.